The Morgan fingerprint density at radius 2 is 1.40 bits per heavy atom. The topological polar surface area (TPSA) is 159 Å². The summed E-state index contributed by atoms with van der Waals surface area (Å²) < 4.78 is 4.90. The molecule has 0 amide bonds. The Morgan fingerprint density at radius 3 is 1.88 bits per heavy atom. The zero-order valence-electron chi connectivity index (χ0n) is 13.1. The molecule has 8 heteroatoms. The molecule has 25 heavy (non-hydrogen) atoms. The van der Waals surface area contributed by atoms with Gasteiger partial charge < -0.3 is 21.3 Å². The van der Waals surface area contributed by atoms with Crippen molar-refractivity contribution in [3.63, 3.8) is 0 Å². The van der Waals surface area contributed by atoms with Crippen LogP contribution in [0.2, 0.25) is 0 Å². The third kappa shape index (κ3) is 3.93. The van der Waals surface area contributed by atoms with E-state index in [1.165, 1.54) is 30.3 Å². The predicted molar refractivity (Wildman–Crippen MR) is 90.6 cm³/mol. The average Bonchev–Trinajstić information content (AvgIpc) is 2.55. The lowest BCUT2D eigenvalue weighted by molar-refractivity contribution is -0.158. The first-order valence-electron chi connectivity index (χ1n) is 7.22. The van der Waals surface area contributed by atoms with Gasteiger partial charge in [0, 0.05) is 16.9 Å². The number of rotatable bonds is 6. The van der Waals surface area contributed by atoms with E-state index < -0.39 is 29.9 Å². The van der Waals surface area contributed by atoms with E-state index in [0.29, 0.717) is 0 Å². The molecule has 0 bridgehead atoms. The van der Waals surface area contributed by atoms with E-state index in [1.54, 1.807) is 18.2 Å². The monoisotopic (exact) mass is 343 g/mol. The number of carboxylic acid groups (broad SMARTS) is 1. The van der Waals surface area contributed by atoms with E-state index in [0.717, 1.165) is 0 Å². The first-order chi connectivity index (χ1) is 11.7. The molecule has 0 aromatic heterocycles. The quantitative estimate of drug-likeness (QED) is 0.262. The number of para-hydroxylation sites is 2. The van der Waals surface area contributed by atoms with Gasteiger partial charge in [-0.3, -0.25) is 10.5 Å². The van der Waals surface area contributed by atoms with Crippen LogP contribution in [-0.4, -0.2) is 28.6 Å². The molecule has 0 fully saturated rings. The third-order valence-electron chi connectivity index (χ3n) is 3.50. The molecule has 1 atom stereocenters. The first-order valence-corrected chi connectivity index (χ1v) is 7.22. The Hall–Kier alpha value is -3.39. The van der Waals surface area contributed by atoms with Gasteiger partial charge in [0.15, 0.2) is 5.78 Å². The molecule has 0 radical (unpaired) electrons. The van der Waals surface area contributed by atoms with Gasteiger partial charge in [-0.05, 0) is 24.3 Å². The minimum Gasteiger partial charge on any atom is -0.477 e. The molecule has 0 saturated heterocycles. The number of carboxylic acids is 1. The number of ether oxygens (including phenoxy) is 1. The van der Waals surface area contributed by atoms with Crippen LogP contribution in [0.3, 0.4) is 0 Å². The van der Waals surface area contributed by atoms with Crippen molar-refractivity contribution >= 4 is 29.1 Å². The molecule has 2 aromatic carbocycles. The molecule has 2 rings (SSSR count). The van der Waals surface area contributed by atoms with Crippen LogP contribution in [0.25, 0.3) is 0 Å². The Kier molecular flexibility index (Phi) is 5.04. The van der Waals surface area contributed by atoms with Crippen molar-refractivity contribution in [1.82, 2.24) is 0 Å². The second-order valence-electron chi connectivity index (χ2n) is 5.36. The molecule has 2 aromatic rings. The lowest BCUT2D eigenvalue weighted by atomic mass is 10.00. The fourth-order valence-electron chi connectivity index (χ4n) is 2.14. The summed E-state index contributed by atoms with van der Waals surface area (Å²) in [5.41, 5.74) is 14.8. The molecular formula is C17H17N3O5. The Balaban J connectivity index is 2.25. The second-order valence-corrected chi connectivity index (χ2v) is 5.36. The number of carbonyl (C=O) groups excluding carboxylic acids is 2. The Bertz CT molecular complexity index is 775. The van der Waals surface area contributed by atoms with Gasteiger partial charge in [-0.25, -0.2) is 9.59 Å². The highest BCUT2D eigenvalue weighted by Gasteiger charge is 2.41. The van der Waals surface area contributed by atoms with Crippen LogP contribution in [0.5, 0.6) is 0 Å². The van der Waals surface area contributed by atoms with E-state index in [1.807, 2.05) is 0 Å². The summed E-state index contributed by atoms with van der Waals surface area (Å²) in [4.78, 5) is 36.0. The minimum atomic E-state index is -2.56. The number of hydrogen-bond acceptors (Lipinski definition) is 7. The number of nitrogens with two attached hydrogens (primary N) is 3. The van der Waals surface area contributed by atoms with E-state index in [2.05, 4.69) is 0 Å². The maximum absolute atomic E-state index is 12.3. The van der Waals surface area contributed by atoms with Gasteiger partial charge in [0.1, 0.15) is 0 Å². The SMILES string of the molecule is Nc1ccccc1C(=O)CC(N)(OC(=O)c1ccccc1N)C(=O)O. The number of anilines is 2. The molecule has 0 spiro atoms. The van der Waals surface area contributed by atoms with Gasteiger partial charge in [-0.2, -0.15) is 0 Å². The number of benzene rings is 2. The summed E-state index contributed by atoms with van der Waals surface area (Å²) in [6.45, 7) is 0. The Morgan fingerprint density at radius 1 is 0.920 bits per heavy atom. The third-order valence-corrected chi connectivity index (χ3v) is 3.50. The summed E-state index contributed by atoms with van der Waals surface area (Å²) in [6.07, 6.45) is -0.783. The number of Topliss-reactive ketones (excluding diaryl/α,β-unsaturated/α-hetero) is 1. The van der Waals surface area contributed by atoms with Gasteiger partial charge >= 0.3 is 11.9 Å². The van der Waals surface area contributed by atoms with Crippen molar-refractivity contribution in [3.05, 3.63) is 59.7 Å². The average molecular weight is 343 g/mol. The van der Waals surface area contributed by atoms with Crippen LogP contribution in [0.1, 0.15) is 27.1 Å². The second kappa shape index (κ2) is 7.02. The van der Waals surface area contributed by atoms with Gasteiger partial charge in [0.2, 0.25) is 0 Å². The molecule has 130 valence electrons. The zero-order valence-corrected chi connectivity index (χ0v) is 13.1. The van der Waals surface area contributed by atoms with Gasteiger partial charge in [0.05, 0.1) is 12.0 Å². The largest absolute Gasteiger partial charge is 0.477 e. The first kappa shape index (κ1) is 18.0. The number of esters is 1. The molecule has 7 N–H and O–H groups in total. The van der Waals surface area contributed by atoms with E-state index in [9.17, 15) is 19.5 Å². The molecule has 0 aliphatic rings. The van der Waals surface area contributed by atoms with Crippen molar-refractivity contribution in [2.75, 3.05) is 11.5 Å². The molecule has 1 unspecified atom stereocenters. The predicted octanol–water partition coefficient (Wildman–Crippen LogP) is 1.02. The summed E-state index contributed by atoms with van der Waals surface area (Å²) in [6, 6.07) is 12.0. The standard InChI is InChI=1S/C17H17N3O5/c18-12-7-3-1-5-10(12)14(21)9-17(20,16(23)24)25-15(22)11-6-2-4-8-13(11)19/h1-8H,9,18-20H2,(H,23,24). The summed E-state index contributed by atoms with van der Waals surface area (Å²) in [5, 5.41) is 9.35. The molecule has 8 nitrogen and oxygen atoms in total. The van der Waals surface area contributed by atoms with E-state index in [-0.39, 0.29) is 22.5 Å². The van der Waals surface area contributed by atoms with Crippen LogP contribution in [-0.2, 0) is 9.53 Å². The van der Waals surface area contributed by atoms with E-state index >= 15 is 0 Å². The van der Waals surface area contributed by atoms with Crippen molar-refractivity contribution in [3.8, 4) is 0 Å². The molecule has 0 aliphatic carbocycles. The molecule has 0 heterocycles. The number of hydrogen-bond donors (Lipinski definition) is 4. The number of aliphatic carboxylic acids is 1. The van der Waals surface area contributed by atoms with Crippen LogP contribution < -0.4 is 17.2 Å². The summed E-state index contributed by atoms with van der Waals surface area (Å²) in [5.74, 6) is -3.38. The molecule has 0 saturated carbocycles. The van der Waals surface area contributed by atoms with Gasteiger partial charge in [-0.1, -0.05) is 24.3 Å². The number of nitrogen functional groups attached to an aromatic ring is 2. The maximum Gasteiger partial charge on any atom is 0.364 e. The Labute approximate surface area is 143 Å². The minimum absolute atomic E-state index is 0.0507. The summed E-state index contributed by atoms with van der Waals surface area (Å²) in [7, 11) is 0. The lowest BCUT2D eigenvalue weighted by Crippen LogP contribution is -2.53. The van der Waals surface area contributed by atoms with Gasteiger partial charge in [-0.15, -0.1) is 0 Å². The number of carbonyl (C=O) groups is 3. The van der Waals surface area contributed by atoms with Crippen LogP contribution in [0.15, 0.2) is 48.5 Å². The highest BCUT2D eigenvalue weighted by Crippen LogP contribution is 2.21. The normalized spacial score (nSPS) is 12.8. The lowest BCUT2D eigenvalue weighted by Gasteiger charge is -2.24. The summed E-state index contributed by atoms with van der Waals surface area (Å²) >= 11 is 0. The molecule has 0 aliphatic heterocycles. The van der Waals surface area contributed by atoms with Crippen molar-refractivity contribution < 1.29 is 24.2 Å². The highest BCUT2D eigenvalue weighted by molar-refractivity contribution is 6.04. The fourth-order valence-corrected chi connectivity index (χ4v) is 2.14. The van der Waals surface area contributed by atoms with Crippen LogP contribution in [0.4, 0.5) is 11.4 Å². The zero-order chi connectivity index (χ0) is 18.6. The van der Waals surface area contributed by atoms with Crippen LogP contribution >= 0.6 is 0 Å². The maximum atomic E-state index is 12.3. The smallest absolute Gasteiger partial charge is 0.364 e. The van der Waals surface area contributed by atoms with Crippen molar-refractivity contribution in [2.45, 2.75) is 12.1 Å². The van der Waals surface area contributed by atoms with E-state index in [4.69, 9.17) is 21.9 Å². The fraction of sp³-hybridized carbons (Fsp3) is 0.118. The highest BCUT2D eigenvalue weighted by atomic mass is 16.6. The van der Waals surface area contributed by atoms with Gasteiger partial charge in [0.25, 0.3) is 5.72 Å². The molecular weight excluding hydrogens is 326 g/mol. The van der Waals surface area contributed by atoms with Crippen molar-refractivity contribution in [2.24, 2.45) is 5.73 Å². The number of ketones is 1. The van der Waals surface area contributed by atoms with Crippen LogP contribution in [0, 0.1) is 0 Å². The van der Waals surface area contributed by atoms with Crippen molar-refractivity contribution in [1.29, 1.82) is 0 Å².